The Balaban J connectivity index is 2.84. The molecule has 0 saturated heterocycles. The van der Waals surface area contributed by atoms with E-state index >= 15 is 0 Å². The van der Waals surface area contributed by atoms with E-state index < -0.39 is 12.0 Å². The molecule has 0 spiro atoms. The van der Waals surface area contributed by atoms with Crippen molar-refractivity contribution in [1.82, 2.24) is 5.32 Å². The number of hydrogen-bond donors (Lipinski definition) is 2. The number of carboxylic acids is 1. The van der Waals surface area contributed by atoms with E-state index in [0.717, 1.165) is 10.0 Å². The second-order valence-electron chi connectivity index (χ2n) is 5.01. The number of aryl methyl sites for hydroxylation is 1. The molecule has 19 heavy (non-hydrogen) atoms. The predicted octanol–water partition coefficient (Wildman–Crippen LogP) is 2.99. The van der Waals surface area contributed by atoms with Gasteiger partial charge in [0.2, 0.25) is 0 Å². The van der Waals surface area contributed by atoms with Crippen LogP contribution in [0.25, 0.3) is 0 Å². The molecule has 0 bridgehead atoms. The van der Waals surface area contributed by atoms with E-state index in [1.807, 2.05) is 26.8 Å². The average molecular weight is 328 g/mol. The van der Waals surface area contributed by atoms with Gasteiger partial charge >= 0.3 is 5.97 Å². The summed E-state index contributed by atoms with van der Waals surface area (Å²) in [5.41, 5.74) is 1.40. The highest BCUT2D eigenvalue weighted by Gasteiger charge is 2.21. The van der Waals surface area contributed by atoms with E-state index in [4.69, 9.17) is 5.11 Å². The van der Waals surface area contributed by atoms with Gasteiger partial charge in [0.15, 0.2) is 0 Å². The number of aliphatic carboxylic acids is 1. The number of hydrogen-bond acceptors (Lipinski definition) is 2. The first kappa shape index (κ1) is 15.7. The Morgan fingerprint density at radius 1 is 1.32 bits per heavy atom. The summed E-state index contributed by atoms with van der Waals surface area (Å²) in [7, 11) is 0. The SMILES string of the molecule is Cc1cc(Br)cc(C(=O)N[C@@H](CC(C)C)C(=O)O)c1. The first-order valence-corrected chi connectivity index (χ1v) is 6.89. The molecule has 1 aromatic rings. The number of halogens is 1. The van der Waals surface area contributed by atoms with Gasteiger partial charge in [-0.15, -0.1) is 0 Å². The molecular formula is C14H18BrNO3. The maximum atomic E-state index is 12.1. The molecule has 0 aliphatic rings. The molecule has 4 nitrogen and oxygen atoms in total. The van der Waals surface area contributed by atoms with E-state index in [2.05, 4.69) is 21.2 Å². The quantitative estimate of drug-likeness (QED) is 0.873. The van der Waals surface area contributed by atoms with Gasteiger partial charge in [-0.2, -0.15) is 0 Å². The van der Waals surface area contributed by atoms with Crippen LogP contribution in [0, 0.1) is 12.8 Å². The van der Waals surface area contributed by atoms with Gasteiger partial charge in [0.05, 0.1) is 0 Å². The van der Waals surface area contributed by atoms with Crippen molar-refractivity contribution in [3.05, 3.63) is 33.8 Å². The molecule has 0 unspecified atom stereocenters. The monoisotopic (exact) mass is 327 g/mol. The Bertz CT molecular complexity index is 465. The Labute approximate surface area is 121 Å². The van der Waals surface area contributed by atoms with Gasteiger partial charge in [-0.1, -0.05) is 29.8 Å². The molecule has 2 N–H and O–H groups in total. The molecule has 1 amide bonds. The molecule has 1 rings (SSSR count). The van der Waals surface area contributed by atoms with Crippen molar-refractivity contribution in [3.8, 4) is 0 Å². The van der Waals surface area contributed by atoms with E-state index in [-0.39, 0.29) is 11.8 Å². The molecule has 5 heteroatoms. The molecule has 1 aromatic carbocycles. The normalized spacial score (nSPS) is 12.3. The molecule has 1 atom stereocenters. The number of amides is 1. The smallest absolute Gasteiger partial charge is 0.326 e. The summed E-state index contributed by atoms with van der Waals surface area (Å²) in [6, 6.07) is 4.44. The Hall–Kier alpha value is -1.36. The minimum Gasteiger partial charge on any atom is -0.480 e. The summed E-state index contributed by atoms with van der Waals surface area (Å²) in [6.07, 6.45) is 0.411. The highest BCUT2D eigenvalue weighted by molar-refractivity contribution is 9.10. The summed E-state index contributed by atoms with van der Waals surface area (Å²) in [6.45, 7) is 5.72. The van der Waals surface area contributed by atoms with Crippen LogP contribution in [0.2, 0.25) is 0 Å². The molecule has 0 fully saturated rings. The second kappa shape index (κ2) is 6.70. The third kappa shape index (κ3) is 5.03. The number of nitrogens with one attached hydrogen (secondary N) is 1. The third-order valence-electron chi connectivity index (χ3n) is 2.61. The lowest BCUT2D eigenvalue weighted by Crippen LogP contribution is -2.41. The van der Waals surface area contributed by atoms with Crippen LogP contribution < -0.4 is 5.32 Å². The van der Waals surface area contributed by atoms with E-state index in [0.29, 0.717) is 12.0 Å². The van der Waals surface area contributed by atoms with Crippen LogP contribution in [0.3, 0.4) is 0 Å². The van der Waals surface area contributed by atoms with Crippen LogP contribution in [-0.2, 0) is 4.79 Å². The zero-order chi connectivity index (χ0) is 14.6. The van der Waals surface area contributed by atoms with Gasteiger partial charge in [0.25, 0.3) is 5.91 Å². The van der Waals surface area contributed by atoms with E-state index in [9.17, 15) is 9.59 Å². The van der Waals surface area contributed by atoms with Crippen molar-refractivity contribution in [2.24, 2.45) is 5.92 Å². The van der Waals surface area contributed by atoms with Crippen LogP contribution in [0.4, 0.5) is 0 Å². The van der Waals surface area contributed by atoms with Crippen molar-refractivity contribution >= 4 is 27.8 Å². The number of carbonyl (C=O) groups excluding carboxylic acids is 1. The van der Waals surface area contributed by atoms with Crippen molar-refractivity contribution in [3.63, 3.8) is 0 Å². The molecule has 104 valence electrons. The highest BCUT2D eigenvalue weighted by Crippen LogP contribution is 2.16. The van der Waals surface area contributed by atoms with Crippen molar-refractivity contribution in [1.29, 1.82) is 0 Å². The van der Waals surface area contributed by atoms with Gasteiger partial charge in [-0.05, 0) is 43.0 Å². The lowest BCUT2D eigenvalue weighted by Gasteiger charge is -2.16. The first-order chi connectivity index (χ1) is 8.79. The molecule has 0 saturated carbocycles. The minimum atomic E-state index is -1.01. The summed E-state index contributed by atoms with van der Waals surface area (Å²) < 4.78 is 0.799. The fourth-order valence-electron chi connectivity index (χ4n) is 1.80. The minimum absolute atomic E-state index is 0.200. The van der Waals surface area contributed by atoms with Crippen molar-refractivity contribution in [2.75, 3.05) is 0 Å². The average Bonchev–Trinajstić information content (AvgIpc) is 2.25. The van der Waals surface area contributed by atoms with Crippen molar-refractivity contribution in [2.45, 2.75) is 33.2 Å². The molecule has 0 aromatic heterocycles. The summed E-state index contributed by atoms with van der Waals surface area (Å²) in [5, 5.41) is 11.7. The van der Waals surface area contributed by atoms with Gasteiger partial charge in [0, 0.05) is 10.0 Å². The number of benzene rings is 1. The third-order valence-corrected chi connectivity index (χ3v) is 3.07. The zero-order valence-corrected chi connectivity index (χ0v) is 12.8. The number of carbonyl (C=O) groups is 2. The Morgan fingerprint density at radius 3 is 2.42 bits per heavy atom. The van der Waals surface area contributed by atoms with Crippen molar-refractivity contribution < 1.29 is 14.7 Å². The molecule has 0 heterocycles. The number of rotatable bonds is 5. The van der Waals surface area contributed by atoms with Gasteiger partial charge in [-0.3, -0.25) is 4.79 Å². The molecule has 0 aliphatic carbocycles. The lowest BCUT2D eigenvalue weighted by molar-refractivity contribution is -0.139. The summed E-state index contributed by atoms with van der Waals surface area (Å²) in [4.78, 5) is 23.2. The van der Waals surface area contributed by atoms with Crippen LogP contribution in [0.1, 0.15) is 36.2 Å². The standard InChI is InChI=1S/C14H18BrNO3/c1-8(2)4-12(14(18)19)16-13(17)10-5-9(3)6-11(15)7-10/h5-8,12H,4H2,1-3H3,(H,16,17)(H,18,19)/t12-/m0/s1. The van der Waals surface area contributed by atoms with E-state index in [1.54, 1.807) is 12.1 Å². The van der Waals surface area contributed by atoms with Crippen LogP contribution in [0.5, 0.6) is 0 Å². The maximum Gasteiger partial charge on any atom is 0.326 e. The van der Waals surface area contributed by atoms with Gasteiger partial charge < -0.3 is 10.4 Å². The van der Waals surface area contributed by atoms with Gasteiger partial charge in [0.1, 0.15) is 6.04 Å². The molecule has 0 radical (unpaired) electrons. The van der Waals surface area contributed by atoms with E-state index in [1.165, 1.54) is 0 Å². The summed E-state index contributed by atoms with van der Waals surface area (Å²) in [5.74, 6) is -1.17. The highest BCUT2D eigenvalue weighted by atomic mass is 79.9. The molecular weight excluding hydrogens is 310 g/mol. The topological polar surface area (TPSA) is 66.4 Å². The first-order valence-electron chi connectivity index (χ1n) is 6.10. The molecule has 0 aliphatic heterocycles. The fraction of sp³-hybridized carbons (Fsp3) is 0.429. The zero-order valence-electron chi connectivity index (χ0n) is 11.2. The fourth-order valence-corrected chi connectivity index (χ4v) is 2.41. The van der Waals surface area contributed by atoms with Crippen LogP contribution in [-0.4, -0.2) is 23.0 Å². The largest absolute Gasteiger partial charge is 0.480 e. The second-order valence-corrected chi connectivity index (χ2v) is 5.93. The maximum absolute atomic E-state index is 12.1. The predicted molar refractivity (Wildman–Crippen MR) is 77.2 cm³/mol. The number of carboxylic acid groups (broad SMARTS) is 1. The van der Waals surface area contributed by atoms with Crippen LogP contribution in [0.15, 0.2) is 22.7 Å². The van der Waals surface area contributed by atoms with Gasteiger partial charge in [-0.25, -0.2) is 4.79 Å². The summed E-state index contributed by atoms with van der Waals surface area (Å²) >= 11 is 3.32. The van der Waals surface area contributed by atoms with Crippen LogP contribution >= 0.6 is 15.9 Å². The Morgan fingerprint density at radius 2 is 1.95 bits per heavy atom. The lowest BCUT2D eigenvalue weighted by atomic mass is 10.0. The Kier molecular flexibility index (Phi) is 5.54.